The van der Waals surface area contributed by atoms with Crippen molar-refractivity contribution in [2.75, 3.05) is 13.2 Å². The zero-order valence-electron chi connectivity index (χ0n) is 9.46. The molecule has 0 spiro atoms. The molecule has 0 fully saturated rings. The summed E-state index contributed by atoms with van der Waals surface area (Å²) in [6.45, 7) is 0.612. The Balaban J connectivity index is 2.58. The number of carboxylic acid groups (broad SMARTS) is 1. The van der Waals surface area contributed by atoms with Gasteiger partial charge in [-0.3, -0.25) is 0 Å². The Bertz CT molecular complexity index is 611. The first-order valence-corrected chi connectivity index (χ1v) is 7.48. The molecule has 0 aromatic heterocycles. The molecule has 1 aromatic carbocycles. The largest absolute Gasteiger partial charge is 0.511 e. The molecule has 0 unspecified atom stereocenters. The average Bonchev–Trinajstić information content (AvgIpc) is 2.51. The third-order valence-electron chi connectivity index (χ3n) is 2.27. The maximum Gasteiger partial charge on any atom is 0.511 e. The summed E-state index contributed by atoms with van der Waals surface area (Å²) in [5.74, 6) is -0.148. The first kappa shape index (κ1) is 13.8. The highest BCUT2D eigenvalue weighted by Crippen LogP contribution is 2.41. The molecule has 0 radical (unpaired) electrons. The molecular weight excluding hydrogens is 300 g/mol. The van der Waals surface area contributed by atoms with E-state index >= 15 is 0 Å². The molecule has 104 valence electrons. The Kier molecular flexibility index (Phi) is 3.72. The summed E-state index contributed by atoms with van der Waals surface area (Å²) >= 11 is 0. The van der Waals surface area contributed by atoms with Gasteiger partial charge in [-0.2, -0.15) is 0 Å². The molecule has 0 amide bonds. The highest BCUT2D eigenvalue weighted by atomic mass is 35.7. The fraction of sp³-hybridized carbons (Fsp3) is 0.300. The molecule has 1 aliphatic heterocycles. The number of ether oxygens (including phenoxy) is 3. The molecule has 2 rings (SSSR count). The number of rotatable bonds is 2. The molecular formula is C10H9ClO7S. The van der Waals surface area contributed by atoms with E-state index in [4.69, 9.17) is 25.3 Å². The van der Waals surface area contributed by atoms with Crippen molar-refractivity contribution < 1.29 is 32.5 Å². The average molecular weight is 309 g/mol. The summed E-state index contributed by atoms with van der Waals surface area (Å²) in [7, 11) is 1.18. The number of benzene rings is 1. The van der Waals surface area contributed by atoms with Gasteiger partial charge in [0.05, 0.1) is 18.1 Å². The van der Waals surface area contributed by atoms with Crippen molar-refractivity contribution in [1.29, 1.82) is 0 Å². The van der Waals surface area contributed by atoms with Gasteiger partial charge in [0.1, 0.15) is 0 Å². The van der Waals surface area contributed by atoms with Crippen LogP contribution >= 0.6 is 10.7 Å². The molecule has 1 aliphatic rings. The molecule has 0 saturated carbocycles. The summed E-state index contributed by atoms with van der Waals surface area (Å²) in [5.41, 5.74) is 0. The summed E-state index contributed by atoms with van der Waals surface area (Å²) in [4.78, 5) is 10.3. The Morgan fingerprint density at radius 1 is 1.32 bits per heavy atom. The van der Waals surface area contributed by atoms with Crippen LogP contribution in [0.25, 0.3) is 0 Å². The number of carbonyl (C=O) groups is 1. The van der Waals surface area contributed by atoms with Gasteiger partial charge in [0.25, 0.3) is 9.05 Å². The summed E-state index contributed by atoms with van der Waals surface area (Å²) in [6.07, 6.45) is -1.02. The summed E-state index contributed by atoms with van der Waals surface area (Å²) in [5, 5.41) is 8.63. The van der Waals surface area contributed by atoms with E-state index in [1.54, 1.807) is 0 Å². The number of hydrogen-bond donors (Lipinski definition) is 1. The van der Waals surface area contributed by atoms with Crippen LogP contribution in [-0.4, -0.2) is 32.9 Å². The van der Waals surface area contributed by atoms with Gasteiger partial charge in [0.15, 0.2) is 11.5 Å². The van der Waals surface area contributed by atoms with Crippen molar-refractivity contribution in [1.82, 2.24) is 0 Å². The van der Waals surface area contributed by atoms with Crippen molar-refractivity contribution >= 4 is 25.9 Å². The standard InChI is InChI=1S/C10H9ClO7S/c11-19(14,15)6-4-7-9(17-3-1-2-16-7)8(5-6)18-10(12)13/h4-5H,1-3H2,(H,12,13). The quantitative estimate of drug-likeness (QED) is 0.505. The third-order valence-corrected chi connectivity index (χ3v) is 3.60. The lowest BCUT2D eigenvalue weighted by molar-refractivity contribution is 0.142. The van der Waals surface area contributed by atoms with Gasteiger partial charge in [-0.25, -0.2) is 13.2 Å². The normalized spacial score (nSPS) is 14.6. The van der Waals surface area contributed by atoms with Crippen LogP contribution in [0.15, 0.2) is 17.0 Å². The topological polar surface area (TPSA) is 99.1 Å². The fourth-order valence-corrected chi connectivity index (χ4v) is 2.29. The molecule has 1 N–H and O–H groups in total. The van der Waals surface area contributed by atoms with Gasteiger partial charge in [0, 0.05) is 29.2 Å². The van der Waals surface area contributed by atoms with E-state index in [1.807, 2.05) is 0 Å². The maximum absolute atomic E-state index is 11.3. The second-order valence-electron chi connectivity index (χ2n) is 3.60. The van der Waals surface area contributed by atoms with Gasteiger partial charge in [0.2, 0.25) is 5.75 Å². The molecule has 1 aromatic rings. The van der Waals surface area contributed by atoms with E-state index < -0.39 is 15.2 Å². The van der Waals surface area contributed by atoms with Crippen molar-refractivity contribution in [2.24, 2.45) is 0 Å². The minimum Gasteiger partial charge on any atom is -0.489 e. The van der Waals surface area contributed by atoms with Gasteiger partial charge in [-0.15, -0.1) is 0 Å². The van der Waals surface area contributed by atoms with E-state index in [9.17, 15) is 13.2 Å². The van der Waals surface area contributed by atoms with Crippen LogP contribution < -0.4 is 14.2 Å². The van der Waals surface area contributed by atoms with E-state index in [0.717, 1.165) is 12.1 Å². The lowest BCUT2D eigenvalue weighted by atomic mass is 10.3. The maximum atomic E-state index is 11.3. The molecule has 0 atom stereocenters. The van der Waals surface area contributed by atoms with Crippen molar-refractivity contribution in [3.8, 4) is 17.2 Å². The zero-order valence-corrected chi connectivity index (χ0v) is 11.0. The molecule has 7 nitrogen and oxygen atoms in total. The van der Waals surface area contributed by atoms with Crippen LogP contribution in [0, 0.1) is 0 Å². The lowest BCUT2D eigenvalue weighted by Gasteiger charge is -2.12. The summed E-state index contributed by atoms with van der Waals surface area (Å²) < 4.78 is 37.7. The number of hydrogen-bond acceptors (Lipinski definition) is 6. The Hall–Kier alpha value is -1.67. The van der Waals surface area contributed by atoms with E-state index in [1.165, 1.54) is 0 Å². The van der Waals surface area contributed by atoms with Gasteiger partial charge >= 0.3 is 6.16 Å². The highest BCUT2D eigenvalue weighted by Gasteiger charge is 2.23. The molecule has 9 heteroatoms. The molecule has 19 heavy (non-hydrogen) atoms. The highest BCUT2D eigenvalue weighted by molar-refractivity contribution is 8.13. The van der Waals surface area contributed by atoms with Crippen LogP contribution in [0.4, 0.5) is 4.79 Å². The van der Waals surface area contributed by atoms with Crippen LogP contribution in [0.2, 0.25) is 0 Å². The zero-order chi connectivity index (χ0) is 14.0. The van der Waals surface area contributed by atoms with Crippen molar-refractivity contribution in [3.63, 3.8) is 0 Å². The van der Waals surface area contributed by atoms with Crippen LogP contribution in [0.1, 0.15) is 6.42 Å². The smallest absolute Gasteiger partial charge is 0.489 e. The molecule has 0 bridgehead atoms. The monoisotopic (exact) mass is 308 g/mol. The van der Waals surface area contributed by atoms with Crippen LogP contribution in [0.5, 0.6) is 17.2 Å². The Labute approximate surface area is 113 Å². The van der Waals surface area contributed by atoms with Crippen molar-refractivity contribution in [2.45, 2.75) is 11.3 Å². The first-order valence-electron chi connectivity index (χ1n) is 5.17. The van der Waals surface area contributed by atoms with Gasteiger partial charge in [-0.1, -0.05) is 0 Å². The van der Waals surface area contributed by atoms with Gasteiger partial charge < -0.3 is 19.3 Å². The molecule has 1 heterocycles. The third kappa shape index (κ3) is 3.21. The SMILES string of the molecule is O=C(O)Oc1cc(S(=O)(=O)Cl)cc2c1OCCCO2. The van der Waals surface area contributed by atoms with Crippen LogP contribution in [0.3, 0.4) is 0 Å². The van der Waals surface area contributed by atoms with Crippen LogP contribution in [-0.2, 0) is 9.05 Å². The number of fused-ring (bicyclic) bond motifs is 1. The second kappa shape index (κ2) is 5.14. The lowest BCUT2D eigenvalue weighted by Crippen LogP contribution is -2.06. The van der Waals surface area contributed by atoms with E-state index in [2.05, 4.69) is 4.74 Å². The Morgan fingerprint density at radius 2 is 2.00 bits per heavy atom. The summed E-state index contributed by atoms with van der Waals surface area (Å²) in [6, 6.07) is 2.14. The van der Waals surface area contributed by atoms with Gasteiger partial charge in [-0.05, 0) is 0 Å². The van der Waals surface area contributed by atoms with E-state index in [-0.39, 0.29) is 22.1 Å². The van der Waals surface area contributed by atoms with Crippen molar-refractivity contribution in [3.05, 3.63) is 12.1 Å². The fourth-order valence-electron chi connectivity index (χ4n) is 1.53. The minimum absolute atomic E-state index is 0.0453. The second-order valence-corrected chi connectivity index (χ2v) is 6.17. The number of halogens is 1. The minimum atomic E-state index is -4.04. The van der Waals surface area contributed by atoms with E-state index in [0.29, 0.717) is 19.6 Å². The molecule has 0 saturated heterocycles. The predicted molar refractivity (Wildman–Crippen MR) is 63.7 cm³/mol. The molecule has 0 aliphatic carbocycles. The Morgan fingerprint density at radius 3 is 2.63 bits per heavy atom. The predicted octanol–water partition coefficient (Wildman–Crippen LogP) is 1.83. The first-order chi connectivity index (χ1) is 8.88.